The first-order valence-electron chi connectivity index (χ1n) is 4.91. The molecule has 1 aliphatic rings. The van der Waals surface area contributed by atoms with Crippen molar-refractivity contribution < 1.29 is 9.59 Å². The third kappa shape index (κ3) is 1.27. The predicted molar refractivity (Wildman–Crippen MR) is 58.0 cm³/mol. The number of ketones is 1. The van der Waals surface area contributed by atoms with Crippen LogP contribution in [-0.2, 0) is 9.59 Å². The van der Waals surface area contributed by atoms with Crippen LogP contribution >= 0.6 is 0 Å². The molecule has 0 N–H and O–H groups in total. The Hall–Kier alpha value is -1.64. The van der Waals surface area contributed by atoms with Gasteiger partial charge in [0.25, 0.3) is 0 Å². The number of aryl methyl sites for hydroxylation is 1. The van der Waals surface area contributed by atoms with Gasteiger partial charge in [-0.3, -0.25) is 9.59 Å². The molecule has 0 spiro atoms. The molecule has 2 rings (SSSR count). The van der Waals surface area contributed by atoms with Gasteiger partial charge in [-0.25, -0.2) is 0 Å². The standard InChI is InChI=1S/C12H13NO2/c1-7-5-4-6-9-10(7)11(8(2)14)12(15)13(9)3/h4-6,11H,1-3H3. The van der Waals surface area contributed by atoms with Crippen LogP contribution in [-0.4, -0.2) is 18.7 Å². The molecular formula is C12H13NO2. The number of amides is 1. The van der Waals surface area contributed by atoms with Gasteiger partial charge in [-0.15, -0.1) is 0 Å². The van der Waals surface area contributed by atoms with Crippen LogP contribution in [0.15, 0.2) is 18.2 Å². The number of benzene rings is 1. The summed E-state index contributed by atoms with van der Waals surface area (Å²) in [7, 11) is 1.71. The molecule has 0 aromatic heterocycles. The van der Waals surface area contributed by atoms with Crippen LogP contribution < -0.4 is 4.90 Å². The number of hydrogen-bond donors (Lipinski definition) is 0. The van der Waals surface area contributed by atoms with Gasteiger partial charge < -0.3 is 4.90 Å². The summed E-state index contributed by atoms with van der Waals surface area (Å²) >= 11 is 0. The highest BCUT2D eigenvalue weighted by Gasteiger charge is 2.38. The van der Waals surface area contributed by atoms with E-state index in [4.69, 9.17) is 0 Å². The largest absolute Gasteiger partial charge is 0.314 e. The van der Waals surface area contributed by atoms with Gasteiger partial charge in [0, 0.05) is 12.7 Å². The third-order valence-electron chi connectivity index (χ3n) is 2.94. The van der Waals surface area contributed by atoms with Crippen LogP contribution in [0.1, 0.15) is 24.0 Å². The SMILES string of the molecule is CC(=O)C1C(=O)N(C)c2cccc(C)c21. The fourth-order valence-electron chi connectivity index (χ4n) is 2.15. The highest BCUT2D eigenvalue weighted by Crippen LogP contribution is 2.38. The molecule has 15 heavy (non-hydrogen) atoms. The molecule has 1 unspecified atom stereocenters. The van der Waals surface area contributed by atoms with Crippen molar-refractivity contribution in [1.82, 2.24) is 0 Å². The maximum Gasteiger partial charge on any atom is 0.241 e. The van der Waals surface area contributed by atoms with E-state index in [0.29, 0.717) is 0 Å². The van der Waals surface area contributed by atoms with Crippen LogP contribution in [0.5, 0.6) is 0 Å². The zero-order valence-corrected chi connectivity index (χ0v) is 9.07. The van der Waals surface area contributed by atoms with E-state index in [2.05, 4.69) is 0 Å². The van der Waals surface area contributed by atoms with Gasteiger partial charge in [0.05, 0.1) is 0 Å². The molecule has 1 aliphatic heterocycles. The van der Waals surface area contributed by atoms with Crippen LogP contribution in [0.4, 0.5) is 5.69 Å². The zero-order chi connectivity index (χ0) is 11.2. The molecule has 1 aromatic carbocycles. The van der Waals surface area contributed by atoms with Gasteiger partial charge in [0.1, 0.15) is 11.7 Å². The maximum atomic E-state index is 11.9. The molecule has 0 radical (unpaired) electrons. The summed E-state index contributed by atoms with van der Waals surface area (Å²) in [6, 6.07) is 5.71. The lowest BCUT2D eigenvalue weighted by molar-refractivity contribution is -0.127. The van der Waals surface area contributed by atoms with Crippen molar-refractivity contribution in [2.75, 3.05) is 11.9 Å². The smallest absolute Gasteiger partial charge is 0.241 e. The maximum absolute atomic E-state index is 11.9. The highest BCUT2D eigenvalue weighted by molar-refractivity contribution is 6.17. The van der Waals surface area contributed by atoms with Crippen molar-refractivity contribution in [1.29, 1.82) is 0 Å². The summed E-state index contributed by atoms with van der Waals surface area (Å²) < 4.78 is 0. The summed E-state index contributed by atoms with van der Waals surface area (Å²) in [5.74, 6) is -0.794. The van der Waals surface area contributed by atoms with Crippen LogP contribution in [0.2, 0.25) is 0 Å². The highest BCUT2D eigenvalue weighted by atomic mass is 16.2. The van der Waals surface area contributed by atoms with Crippen LogP contribution in [0.25, 0.3) is 0 Å². The summed E-state index contributed by atoms with van der Waals surface area (Å²) in [6.45, 7) is 3.40. The molecule has 0 aliphatic carbocycles. The number of carbonyl (C=O) groups is 2. The van der Waals surface area contributed by atoms with Crippen LogP contribution in [0.3, 0.4) is 0 Å². The van der Waals surface area contributed by atoms with Gasteiger partial charge >= 0.3 is 0 Å². The number of rotatable bonds is 1. The van der Waals surface area contributed by atoms with Crippen molar-refractivity contribution in [2.24, 2.45) is 0 Å². The first-order chi connectivity index (χ1) is 7.04. The molecule has 0 saturated heterocycles. The monoisotopic (exact) mass is 203 g/mol. The zero-order valence-electron chi connectivity index (χ0n) is 9.07. The number of Topliss-reactive ketones (excluding diaryl/α,β-unsaturated/α-hetero) is 1. The Bertz CT molecular complexity index is 451. The van der Waals surface area contributed by atoms with Gasteiger partial charge in [0.15, 0.2) is 0 Å². The molecule has 3 heteroatoms. The number of carbonyl (C=O) groups excluding carboxylic acids is 2. The number of nitrogens with zero attached hydrogens (tertiary/aromatic N) is 1. The lowest BCUT2D eigenvalue weighted by Gasteiger charge is -2.09. The molecule has 3 nitrogen and oxygen atoms in total. The molecular weight excluding hydrogens is 190 g/mol. The van der Waals surface area contributed by atoms with Crippen LogP contribution in [0, 0.1) is 6.92 Å². The Morgan fingerprint density at radius 2 is 2.07 bits per heavy atom. The predicted octanol–water partition coefficient (Wildman–Crippen LogP) is 1.64. The first kappa shape index (κ1) is 9.90. The molecule has 0 fully saturated rings. The second-order valence-electron chi connectivity index (χ2n) is 3.95. The van der Waals surface area contributed by atoms with Gasteiger partial charge in [-0.05, 0) is 31.0 Å². The Kier molecular flexibility index (Phi) is 2.11. The topological polar surface area (TPSA) is 37.4 Å². The van der Waals surface area contributed by atoms with E-state index >= 15 is 0 Å². The average molecular weight is 203 g/mol. The second-order valence-corrected chi connectivity index (χ2v) is 3.95. The van der Waals surface area contributed by atoms with E-state index in [9.17, 15) is 9.59 Å². The lowest BCUT2D eigenvalue weighted by atomic mass is 9.93. The van der Waals surface area contributed by atoms with E-state index in [1.807, 2.05) is 25.1 Å². The summed E-state index contributed by atoms with van der Waals surface area (Å²) in [5, 5.41) is 0. The third-order valence-corrected chi connectivity index (χ3v) is 2.94. The Labute approximate surface area is 88.7 Å². The van der Waals surface area contributed by atoms with E-state index in [-0.39, 0.29) is 11.7 Å². The summed E-state index contributed by atoms with van der Waals surface area (Å²) in [6.07, 6.45) is 0. The normalized spacial score (nSPS) is 19.3. The molecule has 1 aromatic rings. The van der Waals surface area contributed by atoms with Gasteiger partial charge in [0.2, 0.25) is 5.91 Å². The van der Waals surface area contributed by atoms with Crippen molar-refractivity contribution in [3.8, 4) is 0 Å². The molecule has 1 atom stereocenters. The Morgan fingerprint density at radius 3 is 2.67 bits per heavy atom. The Balaban J connectivity index is 2.67. The van der Waals surface area contributed by atoms with E-state index in [1.165, 1.54) is 6.92 Å². The van der Waals surface area contributed by atoms with Crippen molar-refractivity contribution in [2.45, 2.75) is 19.8 Å². The van der Waals surface area contributed by atoms with Crippen molar-refractivity contribution in [3.05, 3.63) is 29.3 Å². The molecule has 0 bridgehead atoms. The second kappa shape index (κ2) is 3.19. The lowest BCUT2D eigenvalue weighted by Crippen LogP contribution is -2.27. The fraction of sp³-hybridized carbons (Fsp3) is 0.333. The van der Waals surface area contributed by atoms with Crippen molar-refractivity contribution >= 4 is 17.4 Å². The molecule has 0 saturated carbocycles. The number of likely N-dealkylation sites (N-methyl/N-ethyl adjacent to an activating group) is 1. The summed E-state index contributed by atoms with van der Waals surface area (Å²) in [4.78, 5) is 24.9. The van der Waals surface area contributed by atoms with E-state index < -0.39 is 5.92 Å². The van der Waals surface area contributed by atoms with Gasteiger partial charge in [-0.1, -0.05) is 12.1 Å². The molecule has 78 valence electrons. The number of hydrogen-bond acceptors (Lipinski definition) is 2. The quantitative estimate of drug-likeness (QED) is 0.651. The fourth-order valence-corrected chi connectivity index (χ4v) is 2.15. The molecule has 1 amide bonds. The van der Waals surface area contributed by atoms with Gasteiger partial charge in [-0.2, -0.15) is 0 Å². The minimum absolute atomic E-state index is 0.0834. The number of anilines is 1. The Morgan fingerprint density at radius 1 is 1.40 bits per heavy atom. The van der Waals surface area contributed by atoms with E-state index in [0.717, 1.165) is 16.8 Å². The minimum Gasteiger partial charge on any atom is -0.314 e. The minimum atomic E-state index is -0.591. The van der Waals surface area contributed by atoms with Crippen molar-refractivity contribution in [3.63, 3.8) is 0 Å². The van der Waals surface area contributed by atoms with E-state index in [1.54, 1.807) is 11.9 Å². The average Bonchev–Trinajstić information content (AvgIpc) is 2.43. The number of fused-ring (bicyclic) bond motifs is 1. The summed E-state index contributed by atoms with van der Waals surface area (Å²) in [5.41, 5.74) is 2.74. The molecule has 1 heterocycles. The first-order valence-corrected chi connectivity index (χ1v) is 4.91.